The molecule has 1 amide bonds. The molecule has 116 valence electrons. The molecule has 0 radical (unpaired) electrons. The lowest BCUT2D eigenvalue weighted by Gasteiger charge is -2.30. The van der Waals surface area contributed by atoms with Crippen LogP contribution >= 0.6 is 35.0 Å². The predicted molar refractivity (Wildman–Crippen MR) is 92.7 cm³/mol. The van der Waals surface area contributed by atoms with E-state index in [-0.39, 0.29) is 12.5 Å². The normalized spacial score (nSPS) is 22.0. The van der Waals surface area contributed by atoms with E-state index in [9.17, 15) is 4.79 Å². The number of nitrogens with one attached hydrogen (secondary N) is 2. The van der Waals surface area contributed by atoms with Crippen LogP contribution in [0.15, 0.2) is 18.2 Å². The van der Waals surface area contributed by atoms with E-state index < -0.39 is 0 Å². The van der Waals surface area contributed by atoms with E-state index in [2.05, 4.69) is 16.9 Å². The first-order chi connectivity index (χ1) is 10.1. The lowest BCUT2D eigenvalue weighted by atomic mass is 9.95. The molecule has 6 heteroatoms. The Balaban J connectivity index is 1.87. The molecule has 1 aromatic carbocycles. The number of hydrogen-bond acceptors (Lipinski definition) is 3. The summed E-state index contributed by atoms with van der Waals surface area (Å²) in [4.78, 5) is 12.1. The Labute approximate surface area is 140 Å². The van der Waals surface area contributed by atoms with Crippen molar-refractivity contribution < 1.29 is 4.79 Å². The third-order valence-corrected chi connectivity index (χ3v) is 5.56. The summed E-state index contributed by atoms with van der Waals surface area (Å²) in [6.45, 7) is 0.281. The second-order valence-electron chi connectivity index (χ2n) is 5.19. The number of hydrogen-bond donors (Lipinski definition) is 2. The molecule has 1 saturated carbocycles. The molecule has 2 rings (SSSR count). The largest absolute Gasteiger partial charge is 0.322 e. The summed E-state index contributed by atoms with van der Waals surface area (Å²) >= 11 is 14.0. The number of anilines is 1. The Morgan fingerprint density at radius 3 is 2.62 bits per heavy atom. The van der Waals surface area contributed by atoms with Gasteiger partial charge >= 0.3 is 0 Å². The van der Waals surface area contributed by atoms with Crippen LogP contribution in [0.25, 0.3) is 0 Å². The van der Waals surface area contributed by atoms with Crippen molar-refractivity contribution in [2.75, 3.05) is 18.1 Å². The third kappa shape index (κ3) is 4.78. The Hall–Kier alpha value is -0.420. The molecule has 21 heavy (non-hydrogen) atoms. The average molecular weight is 347 g/mol. The van der Waals surface area contributed by atoms with E-state index in [1.54, 1.807) is 18.2 Å². The zero-order valence-electron chi connectivity index (χ0n) is 12.0. The minimum absolute atomic E-state index is 0.115. The van der Waals surface area contributed by atoms with Gasteiger partial charge in [0.2, 0.25) is 5.91 Å². The first-order valence-electron chi connectivity index (χ1n) is 7.12. The maximum absolute atomic E-state index is 12.1. The second kappa shape index (κ2) is 8.28. The van der Waals surface area contributed by atoms with E-state index in [1.807, 2.05) is 11.8 Å². The van der Waals surface area contributed by atoms with Gasteiger partial charge in [0.15, 0.2) is 0 Å². The molecule has 0 spiro atoms. The third-order valence-electron chi connectivity index (χ3n) is 3.76. The van der Waals surface area contributed by atoms with Crippen LogP contribution in [0.4, 0.5) is 5.69 Å². The van der Waals surface area contributed by atoms with Gasteiger partial charge in [-0.05, 0) is 31.2 Å². The number of benzene rings is 1. The number of carbonyl (C=O) groups excluding carboxylic acids is 1. The molecule has 1 aliphatic carbocycles. The van der Waals surface area contributed by atoms with Crippen LogP contribution in [0.3, 0.4) is 0 Å². The molecule has 3 nitrogen and oxygen atoms in total. The van der Waals surface area contributed by atoms with Crippen molar-refractivity contribution in [1.82, 2.24) is 5.32 Å². The van der Waals surface area contributed by atoms with Crippen molar-refractivity contribution >= 4 is 46.6 Å². The van der Waals surface area contributed by atoms with E-state index in [1.165, 1.54) is 19.3 Å². The molecule has 1 fully saturated rings. The molecule has 1 aromatic rings. The Morgan fingerprint density at radius 2 is 1.95 bits per heavy atom. The minimum atomic E-state index is -0.115. The summed E-state index contributed by atoms with van der Waals surface area (Å²) in [5.41, 5.74) is 0.484. The second-order valence-corrected chi connectivity index (χ2v) is 7.08. The zero-order valence-corrected chi connectivity index (χ0v) is 14.3. The van der Waals surface area contributed by atoms with E-state index >= 15 is 0 Å². The SMILES string of the molecule is CSC1CCCCC1NCC(=O)Nc1c(Cl)cccc1Cl. The summed E-state index contributed by atoms with van der Waals surface area (Å²) in [5, 5.41) is 7.64. The molecule has 2 atom stereocenters. The number of carbonyl (C=O) groups is 1. The highest BCUT2D eigenvalue weighted by Crippen LogP contribution is 2.30. The minimum Gasteiger partial charge on any atom is -0.322 e. The summed E-state index contributed by atoms with van der Waals surface area (Å²) in [5.74, 6) is -0.115. The van der Waals surface area contributed by atoms with Gasteiger partial charge in [-0.25, -0.2) is 0 Å². The predicted octanol–water partition coefficient (Wildman–Crippen LogP) is 4.20. The Bertz CT molecular complexity index is 478. The number of halogens is 2. The summed E-state index contributed by atoms with van der Waals surface area (Å²) in [6, 6.07) is 5.58. The van der Waals surface area contributed by atoms with Crippen LogP contribution in [-0.4, -0.2) is 30.0 Å². The summed E-state index contributed by atoms with van der Waals surface area (Å²) < 4.78 is 0. The molecule has 0 aliphatic heterocycles. The van der Waals surface area contributed by atoms with Crippen LogP contribution in [0, 0.1) is 0 Å². The molecular weight excluding hydrogens is 327 g/mol. The van der Waals surface area contributed by atoms with Gasteiger partial charge in [-0.3, -0.25) is 4.79 Å². The van der Waals surface area contributed by atoms with Crippen LogP contribution in [0.1, 0.15) is 25.7 Å². The van der Waals surface area contributed by atoms with Crippen molar-refractivity contribution in [3.05, 3.63) is 28.2 Å². The van der Waals surface area contributed by atoms with E-state index in [0.717, 1.165) is 6.42 Å². The van der Waals surface area contributed by atoms with Crippen molar-refractivity contribution in [3.8, 4) is 0 Å². The molecule has 0 bridgehead atoms. The van der Waals surface area contributed by atoms with E-state index in [0.29, 0.717) is 27.0 Å². The maximum atomic E-state index is 12.1. The van der Waals surface area contributed by atoms with Crippen molar-refractivity contribution in [1.29, 1.82) is 0 Å². The summed E-state index contributed by atoms with van der Waals surface area (Å²) in [7, 11) is 0. The van der Waals surface area contributed by atoms with E-state index in [4.69, 9.17) is 23.2 Å². The zero-order chi connectivity index (χ0) is 15.2. The standard InChI is InChI=1S/C15H20Cl2N2OS/c1-21-13-8-3-2-7-12(13)18-9-14(20)19-15-10(16)5-4-6-11(15)17/h4-6,12-13,18H,2-3,7-9H2,1H3,(H,19,20). The molecule has 1 aliphatic rings. The molecule has 0 heterocycles. The van der Waals surface area contributed by atoms with Crippen LogP contribution in [0.5, 0.6) is 0 Å². The van der Waals surface area contributed by atoms with Crippen molar-refractivity contribution in [2.24, 2.45) is 0 Å². The van der Waals surface area contributed by atoms with Gasteiger partial charge in [0.1, 0.15) is 0 Å². The van der Waals surface area contributed by atoms with Gasteiger partial charge in [-0.15, -0.1) is 0 Å². The fourth-order valence-electron chi connectivity index (χ4n) is 2.64. The maximum Gasteiger partial charge on any atom is 0.238 e. The van der Waals surface area contributed by atoms with Crippen molar-refractivity contribution in [2.45, 2.75) is 37.0 Å². The number of rotatable bonds is 5. The van der Waals surface area contributed by atoms with Crippen molar-refractivity contribution in [3.63, 3.8) is 0 Å². The Morgan fingerprint density at radius 1 is 1.29 bits per heavy atom. The fraction of sp³-hybridized carbons (Fsp3) is 0.533. The van der Waals surface area contributed by atoms with Gasteiger partial charge < -0.3 is 10.6 Å². The van der Waals surface area contributed by atoms with Crippen LogP contribution in [0.2, 0.25) is 10.0 Å². The first kappa shape index (κ1) is 16.9. The molecule has 2 N–H and O–H groups in total. The molecule has 0 aromatic heterocycles. The Kier molecular flexibility index (Phi) is 6.68. The number of thioether (sulfide) groups is 1. The monoisotopic (exact) mass is 346 g/mol. The smallest absolute Gasteiger partial charge is 0.238 e. The molecule has 2 unspecified atom stereocenters. The molecule has 0 saturated heterocycles. The highest BCUT2D eigenvalue weighted by molar-refractivity contribution is 7.99. The lowest BCUT2D eigenvalue weighted by molar-refractivity contribution is -0.115. The highest BCUT2D eigenvalue weighted by Gasteiger charge is 2.24. The highest BCUT2D eigenvalue weighted by atomic mass is 35.5. The first-order valence-corrected chi connectivity index (χ1v) is 9.16. The van der Waals surface area contributed by atoms with Crippen LogP contribution < -0.4 is 10.6 Å². The fourth-order valence-corrected chi connectivity index (χ4v) is 4.09. The quantitative estimate of drug-likeness (QED) is 0.839. The topological polar surface area (TPSA) is 41.1 Å². The number of amides is 1. The number of para-hydroxylation sites is 1. The van der Waals surface area contributed by atoms with Gasteiger partial charge in [-0.2, -0.15) is 11.8 Å². The van der Waals surface area contributed by atoms with Crippen LogP contribution in [-0.2, 0) is 4.79 Å². The van der Waals surface area contributed by atoms with Gasteiger partial charge in [0.25, 0.3) is 0 Å². The molecular formula is C15H20Cl2N2OS. The van der Waals surface area contributed by atoms with Gasteiger partial charge in [0, 0.05) is 11.3 Å². The summed E-state index contributed by atoms with van der Waals surface area (Å²) in [6.07, 6.45) is 6.99. The van der Waals surface area contributed by atoms with Gasteiger partial charge in [0.05, 0.1) is 22.3 Å². The lowest BCUT2D eigenvalue weighted by Crippen LogP contribution is -2.43. The average Bonchev–Trinajstić information content (AvgIpc) is 2.49. The van der Waals surface area contributed by atoms with Gasteiger partial charge in [-0.1, -0.05) is 42.1 Å².